The molecule has 0 saturated heterocycles. The highest BCUT2D eigenvalue weighted by atomic mass is 32.2. The highest BCUT2D eigenvalue weighted by Crippen LogP contribution is 2.16. The molecule has 2 aromatic carbocycles. The molecule has 0 aliphatic carbocycles. The molecule has 0 atom stereocenters. The van der Waals surface area contributed by atoms with Gasteiger partial charge in [-0.25, -0.2) is 8.42 Å². The Kier molecular flexibility index (Phi) is 5.71. The number of rotatable bonds is 7. The molecule has 2 N–H and O–H groups in total. The van der Waals surface area contributed by atoms with Gasteiger partial charge in [0.25, 0.3) is 0 Å². The third-order valence-corrected chi connectivity index (χ3v) is 5.44. The molecule has 0 spiro atoms. The van der Waals surface area contributed by atoms with Crippen molar-refractivity contribution in [3.05, 3.63) is 65.7 Å². The van der Waals surface area contributed by atoms with Crippen molar-refractivity contribution in [2.45, 2.75) is 18.2 Å². The first-order chi connectivity index (χ1) is 10.5. The van der Waals surface area contributed by atoms with Gasteiger partial charge in [-0.3, -0.25) is 0 Å². The SMILES string of the molecule is Cc1ccc(S(=O)(=O)N(CCN)CCc2ccccc2)cc1. The fourth-order valence-corrected chi connectivity index (χ4v) is 3.71. The Morgan fingerprint density at radius 2 is 1.59 bits per heavy atom. The smallest absolute Gasteiger partial charge is 0.243 e. The summed E-state index contributed by atoms with van der Waals surface area (Å²) in [5.74, 6) is 0. The second-order valence-electron chi connectivity index (χ2n) is 5.24. The van der Waals surface area contributed by atoms with E-state index in [0.717, 1.165) is 11.1 Å². The van der Waals surface area contributed by atoms with Crippen molar-refractivity contribution in [3.63, 3.8) is 0 Å². The van der Waals surface area contributed by atoms with Crippen molar-refractivity contribution in [3.8, 4) is 0 Å². The number of benzene rings is 2. The van der Waals surface area contributed by atoms with Crippen LogP contribution in [0.3, 0.4) is 0 Å². The lowest BCUT2D eigenvalue weighted by Gasteiger charge is -2.21. The minimum absolute atomic E-state index is 0.305. The summed E-state index contributed by atoms with van der Waals surface area (Å²) in [6.07, 6.45) is 0.673. The lowest BCUT2D eigenvalue weighted by Crippen LogP contribution is -2.36. The van der Waals surface area contributed by atoms with E-state index in [0.29, 0.717) is 31.0 Å². The van der Waals surface area contributed by atoms with Crippen molar-refractivity contribution in [2.75, 3.05) is 19.6 Å². The van der Waals surface area contributed by atoms with Crippen LogP contribution in [0.4, 0.5) is 0 Å². The largest absolute Gasteiger partial charge is 0.329 e. The van der Waals surface area contributed by atoms with Gasteiger partial charge in [-0.05, 0) is 31.0 Å². The molecule has 0 aromatic heterocycles. The van der Waals surface area contributed by atoms with E-state index >= 15 is 0 Å². The number of hydrogen-bond acceptors (Lipinski definition) is 3. The molecule has 22 heavy (non-hydrogen) atoms. The van der Waals surface area contributed by atoms with E-state index in [1.165, 1.54) is 4.31 Å². The Bertz CT molecular complexity index is 682. The number of hydrogen-bond donors (Lipinski definition) is 1. The maximum atomic E-state index is 12.7. The molecule has 0 radical (unpaired) electrons. The van der Waals surface area contributed by atoms with Gasteiger partial charge in [0, 0.05) is 19.6 Å². The zero-order valence-corrected chi connectivity index (χ0v) is 13.6. The van der Waals surface area contributed by atoms with Crippen LogP contribution in [0.5, 0.6) is 0 Å². The molecule has 0 fully saturated rings. The fourth-order valence-electron chi connectivity index (χ4n) is 2.25. The molecular formula is C17H22N2O2S. The minimum Gasteiger partial charge on any atom is -0.329 e. The van der Waals surface area contributed by atoms with Crippen LogP contribution in [0, 0.1) is 6.92 Å². The van der Waals surface area contributed by atoms with Gasteiger partial charge >= 0.3 is 0 Å². The van der Waals surface area contributed by atoms with Crippen molar-refractivity contribution in [1.82, 2.24) is 4.31 Å². The van der Waals surface area contributed by atoms with Gasteiger partial charge in [0.05, 0.1) is 4.90 Å². The monoisotopic (exact) mass is 318 g/mol. The highest BCUT2D eigenvalue weighted by molar-refractivity contribution is 7.89. The predicted octanol–water partition coefficient (Wildman–Crippen LogP) is 2.19. The topological polar surface area (TPSA) is 63.4 Å². The standard InChI is InChI=1S/C17H22N2O2S/c1-15-7-9-17(10-8-15)22(20,21)19(14-12-18)13-11-16-5-3-2-4-6-16/h2-10H,11-14,18H2,1H3. The van der Waals surface area contributed by atoms with Gasteiger partial charge in [0.15, 0.2) is 0 Å². The Hall–Kier alpha value is -1.69. The van der Waals surface area contributed by atoms with Gasteiger partial charge in [0.1, 0.15) is 0 Å². The predicted molar refractivity (Wildman–Crippen MR) is 89.1 cm³/mol. The third kappa shape index (κ3) is 4.16. The lowest BCUT2D eigenvalue weighted by atomic mass is 10.1. The van der Waals surface area contributed by atoms with Crippen molar-refractivity contribution in [1.29, 1.82) is 0 Å². The minimum atomic E-state index is -3.50. The van der Waals surface area contributed by atoms with Crippen LogP contribution in [-0.2, 0) is 16.4 Å². The van der Waals surface area contributed by atoms with Gasteiger partial charge in [0.2, 0.25) is 10.0 Å². The molecule has 0 aliphatic heterocycles. The van der Waals surface area contributed by atoms with Gasteiger partial charge < -0.3 is 5.73 Å². The van der Waals surface area contributed by atoms with E-state index in [4.69, 9.17) is 5.73 Å². The molecule has 2 aromatic rings. The fraction of sp³-hybridized carbons (Fsp3) is 0.294. The van der Waals surface area contributed by atoms with Crippen LogP contribution < -0.4 is 5.73 Å². The Morgan fingerprint density at radius 3 is 2.18 bits per heavy atom. The molecule has 0 amide bonds. The molecule has 0 aliphatic rings. The van der Waals surface area contributed by atoms with E-state index in [9.17, 15) is 8.42 Å². The maximum Gasteiger partial charge on any atom is 0.243 e. The van der Waals surface area contributed by atoms with Crippen LogP contribution in [0.2, 0.25) is 0 Å². The molecule has 0 heterocycles. The van der Waals surface area contributed by atoms with Crippen LogP contribution in [0.1, 0.15) is 11.1 Å². The van der Waals surface area contributed by atoms with E-state index in [1.54, 1.807) is 12.1 Å². The normalized spacial score (nSPS) is 11.8. The van der Waals surface area contributed by atoms with Gasteiger partial charge in [-0.15, -0.1) is 0 Å². The average molecular weight is 318 g/mol. The van der Waals surface area contributed by atoms with Crippen LogP contribution in [-0.4, -0.2) is 32.4 Å². The van der Waals surface area contributed by atoms with E-state index in [1.807, 2.05) is 49.4 Å². The first-order valence-electron chi connectivity index (χ1n) is 7.35. The highest BCUT2D eigenvalue weighted by Gasteiger charge is 2.23. The summed E-state index contributed by atoms with van der Waals surface area (Å²) in [6, 6.07) is 16.8. The van der Waals surface area contributed by atoms with Gasteiger partial charge in [-0.1, -0.05) is 48.0 Å². The van der Waals surface area contributed by atoms with E-state index in [-0.39, 0.29) is 0 Å². The molecule has 2 rings (SSSR count). The Balaban J connectivity index is 2.17. The van der Waals surface area contributed by atoms with Crippen molar-refractivity contribution in [2.24, 2.45) is 5.73 Å². The Labute approximate surface area is 132 Å². The van der Waals surface area contributed by atoms with Crippen LogP contribution >= 0.6 is 0 Å². The zero-order valence-electron chi connectivity index (χ0n) is 12.8. The molecular weight excluding hydrogens is 296 g/mol. The lowest BCUT2D eigenvalue weighted by molar-refractivity contribution is 0.421. The van der Waals surface area contributed by atoms with Crippen molar-refractivity contribution < 1.29 is 8.42 Å². The van der Waals surface area contributed by atoms with E-state index in [2.05, 4.69) is 0 Å². The first kappa shape index (κ1) is 16.7. The molecule has 5 heteroatoms. The summed E-state index contributed by atoms with van der Waals surface area (Å²) in [5, 5.41) is 0. The van der Waals surface area contributed by atoms with Crippen LogP contribution in [0.25, 0.3) is 0 Å². The van der Waals surface area contributed by atoms with Crippen LogP contribution in [0.15, 0.2) is 59.5 Å². The second kappa shape index (κ2) is 7.54. The molecule has 0 bridgehead atoms. The summed E-state index contributed by atoms with van der Waals surface area (Å²) in [6.45, 7) is 2.99. The number of nitrogens with two attached hydrogens (primary N) is 1. The Morgan fingerprint density at radius 1 is 0.955 bits per heavy atom. The number of aryl methyl sites for hydroxylation is 1. The second-order valence-corrected chi connectivity index (χ2v) is 7.18. The first-order valence-corrected chi connectivity index (χ1v) is 8.79. The quantitative estimate of drug-likeness (QED) is 0.851. The summed E-state index contributed by atoms with van der Waals surface area (Å²) >= 11 is 0. The summed E-state index contributed by atoms with van der Waals surface area (Å²) in [7, 11) is -3.50. The van der Waals surface area contributed by atoms with Crippen molar-refractivity contribution >= 4 is 10.0 Å². The molecule has 0 unspecified atom stereocenters. The molecule has 118 valence electrons. The zero-order chi connectivity index (χ0) is 16.0. The van der Waals surface area contributed by atoms with Gasteiger partial charge in [-0.2, -0.15) is 4.31 Å². The summed E-state index contributed by atoms with van der Waals surface area (Å²) in [4.78, 5) is 0.319. The average Bonchev–Trinajstić information content (AvgIpc) is 2.52. The summed E-state index contributed by atoms with van der Waals surface area (Å²) < 4.78 is 26.9. The molecule has 4 nitrogen and oxygen atoms in total. The summed E-state index contributed by atoms with van der Waals surface area (Å²) in [5.41, 5.74) is 7.74. The number of sulfonamides is 1. The maximum absolute atomic E-state index is 12.7. The third-order valence-electron chi connectivity index (χ3n) is 3.53. The van der Waals surface area contributed by atoms with E-state index < -0.39 is 10.0 Å². The number of nitrogens with zero attached hydrogens (tertiary/aromatic N) is 1. The molecule has 0 saturated carbocycles.